The zero-order chi connectivity index (χ0) is 14.4. The zero-order valence-electron chi connectivity index (χ0n) is 10.5. The van der Waals surface area contributed by atoms with Gasteiger partial charge in [-0.15, -0.1) is 11.8 Å². The van der Waals surface area contributed by atoms with Crippen LogP contribution >= 0.6 is 11.8 Å². The van der Waals surface area contributed by atoms with E-state index in [9.17, 15) is 14.5 Å². The van der Waals surface area contributed by atoms with E-state index in [0.717, 1.165) is 0 Å². The number of nitrogens with zero attached hydrogens (tertiary/aromatic N) is 1. The van der Waals surface area contributed by atoms with Gasteiger partial charge in [0.2, 0.25) is 0 Å². The second-order valence-electron chi connectivity index (χ2n) is 3.88. The molecule has 2 aromatic carbocycles. The summed E-state index contributed by atoms with van der Waals surface area (Å²) in [6.45, 7) is 0.347. The molecule has 0 N–H and O–H groups in total. The number of non-ortho nitro benzene ring substituents is 1. The predicted molar refractivity (Wildman–Crippen MR) is 75.7 cm³/mol. The average Bonchev–Trinajstić information content (AvgIpc) is 2.45. The number of nitro benzene ring substituents is 1. The molecule has 4 nitrogen and oxygen atoms in total. The third-order valence-electron chi connectivity index (χ3n) is 2.47. The van der Waals surface area contributed by atoms with Gasteiger partial charge in [-0.05, 0) is 18.2 Å². The van der Waals surface area contributed by atoms with Gasteiger partial charge in [-0.1, -0.05) is 18.2 Å². The molecule has 0 aliphatic carbocycles. The Bertz CT molecular complexity index is 606. The number of nitro groups is 1. The highest BCUT2D eigenvalue weighted by Gasteiger charge is 2.06. The minimum Gasteiger partial charge on any atom is -0.492 e. The molecule has 20 heavy (non-hydrogen) atoms. The molecule has 6 heteroatoms. The first-order chi connectivity index (χ1) is 9.66. The van der Waals surface area contributed by atoms with Crippen molar-refractivity contribution in [2.45, 2.75) is 4.90 Å². The van der Waals surface area contributed by atoms with E-state index in [1.165, 1.54) is 30.0 Å². The maximum atomic E-state index is 13.3. The Morgan fingerprint density at radius 1 is 1.20 bits per heavy atom. The van der Waals surface area contributed by atoms with E-state index in [4.69, 9.17) is 4.74 Å². The van der Waals surface area contributed by atoms with E-state index < -0.39 is 4.92 Å². The van der Waals surface area contributed by atoms with Crippen molar-refractivity contribution >= 4 is 17.4 Å². The monoisotopic (exact) mass is 293 g/mol. The molecule has 0 atom stereocenters. The standard InChI is InChI=1S/C14H12FNO3S/c15-13-6-1-2-7-14(13)20-9-8-19-12-5-3-4-11(10-12)16(17)18/h1-7,10H,8-9H2. The Morgan fingerprint density at radius 3 is 2.75 bits per heavy atom. The van der Waals surface area contributed by atoms with Crippen LogP contribution in [-0.4, -0.2) is 17.3 Å². The molecule has 0 aliphatic heterocycles. The molecular formula is C14H12FNO3S. The number of thioether (sulfide) groups is 1. The van der Waals surface area contributed by atoms with E-state index in [1.807, 2.05) is 0 Å². The molecule has 0 radical (unpaired) electrons. The van der Waals surface area contributed by atoms with Gasteiger partial charge in [-0.25, -0.2) is 4.39 Å². The lowest BCUT2D eigenvalue weighted by Gasteiger charge is -2.06. The molecule has 0 bridgehead atoms. The molecule has 0 amide bonds. The fraction of sp³-hybridized carbons (Fsp3) is 0.143. The van der Waals surface area contributed by atoms with Crippen molar-refractivity contribution < 1.29 is 14.1 Å². The van der Waals surface area contributed by atoms with Crippen LogP contribution in [0.5, 0.6) is 5.75 Å². The molecule has 0 aliphatic rings. The molecule has 2 rings (SSSR count). The second-order valence-corrected chi connectivity index (χ2v) is 5.02. The van der Waals surface area contributed by atoms with Crippen LogP contribution in [0.2, 0.25) is 0 Å². The van der Waals surface area contributed by atoms with Gasteiger partial charge in [0, 0.05) is 16.7 Å². The molecule has 0 saturated heterocycles. The van der Waals surface area contributed by atoms with Crippen molar-refractivity contribution in [2.24, 2.45) is 0 Å². The molecule has 104 valence electrons. The van der Waals surface area contributed by atoms with Crippen molar-refractivity contribution in [2.75, 3.05) is 12.4 Å². The van der Waals surface area contributed by atoms with Gasteiger partial charge in [0.25, 0.3) is 5.69 Å². The minimum absolute atomic E-state index is 0.00995. The lowest BCUT2D eigenvalue weighted by atomic mass is 10.3. The van der Waals surface area contributed by atoms with Crippen LogP contribution in [0.15, 0.2) is 53.4 Å². The molecular weight excluding hydrogens is 281 g/mol. The van der Waals surface area contributed by atoms with Gasteiger partial charge >= 0.3 is 0 Å². The minimum atomic E-state index is -0.471. The maximum absolute atomic E-state index is 13.3. The predicted octanol–water partition coefficient (Wildman–Crippen LogP) is 3.91. The number of benzene rings is 2. The van der Waals surface area contributed by atoms with Crippen molar-refractivity contribution in [1.82, 2.24) is 0 Å². The van der Waals surface area contributed by atoms with Crippen LogP contribution in [0.25, 0.3) is 0 Å². The molecule has 2 aromatic rings. The maximum Gasteiger partial charge on any atom is 0.273 e. The first kappa shape index (κ1) is 14.3. The number of hydrogen-bond donors (Lipinski definition) is 0. The van der Waals surface area contributed by atoms with Crippen molar-refractivity contribution in [1.29, 1.82) is 0 Å². The number of ether oxygens (including phenoxy) is 1. The number of rotatable bonds is 6. The Hall–Kier alpha value is -2.08. The molecule has 0 unspecified atom stereocenters. The van der Waals surface area contributed by atoms with Crippen LogP contribution < -0.4 is 4.74 Å². The first-order valence-corrected chi connectivity index (χ1v) is 6.90. The molecule has 0 saturated carbocycles. The SMILES string of the molecule is O=[N+]([O-])c1cccc(OCCSc2ccccc2F)c1. The fourth-order valence-electron chi connectivity index (χ4n) is 1.56. The summed E-state index contributed by atoms with van der Waals surface area (Å²) in [5.41, 5.74) is -0.00995. The highest BCUT2D eigenvalue weighted by molar-refractivity contribution is 7.99. The lowest BCUT2D eigenvalue weighted by molar-refractivity contribution is -0.384. The first-order valence-electron chi connectivity index (χ1n) is 5.91. The molecule has 0 heterocycles. The van der Waals surface area contributed by atoms with Gasteiger partial charge in [0.15, 0.2) is 0 Å². The highest BCUT2D eigenvalue weighted by Crippen LogP contribution is 2.22. The summed E-state index contributed by atoms with van der Waals surface area (Å²) in [6, 6.07) is 12.5. The third kappa shape index (κ3) is 3.96. The normalized spacial score (nSPS) is 10.2. The second kappa shape index (κ2) is 6.91. The Balaban J connectivity index is 1.83. The summed E-state index contributed by atoms with van der Waals surface area (Å²) in [6.07, 6.45) is 0. The Kier molecular flexibility index (Phi) is 4.95. The van der Waals surface area contributed by atoms with Crippen LogP contribution in [-0.2, 0) is 0 Å². The Morgan fingerprint density at radius 2 is 2.00 bits per heavy atom. The van der Waals surface area contributed by atoms with Gasteiger partial charge in [0.05, 0.1) is 17.6 Å². The fourth-order valence-corrected chi connectivity index (χ4v) is 2.33. The zero-order valence-corrected chi connectivity index (χ0v) is 11.3. The topological polar surface area (TPSA) is 52.4 Å². The van der Waals surface area contributed by atoms with E-state index in [0.29, 0.717) is 23.0 Å². The van der Waals surface area contributed by atoms with E-state index in [2.05, 4.69) is 0 Å². The summed E-state index contributed by atoms with van der Waals surface area (Å²) < 4.78 is 18.8. The van der Waals surface area contributed by atoms with E-state index in [1.54, 1.807) is 30.3 Å². The van der Waals surface area contributed by atoms with Crippen molar-refractivity contribution in [3.8, 4) is 5.75 Å². The van der Waals surface area contributed by atoms with Crippen LogP contribution in [0.3, 0.4) is 0 Å². The Labute approximate surface area is 119 Å². The number of halogens is 1. The van der Waals surface area contributed by atoms with Crippen LogP contribution in [0, 0.1) is 15.9 Å². The van der Waals surface area contributed by atoms with Crippen molar-refractivity contribution in [3.05, 3.63) is 64.5 Å². The van der Waals surface area contributed by atoms with Gasteiger partial charge in [0.1, 0.15) is 11.6 Å². The van der Waals surface area contributed by atoms with Crippen LogP contribution in [0.1, 0.15) is 0 Å². The summed E-state index contributed by atoms with van der Waals surface area (Å²) >= 11 is 1.34. The van der Waals surface area contributed by atoms with Gasteiger partial charge in [-0.3, -0.25) is 10.1 Å². The highest BCUT2D eigenvalue weighted by atomic mass is 32.2. The lowest BCUT2D eigenvalue weighted by Crippen LogP contribution is -2.00. The van der Waals surface area contributed by atoms with Gasteiger partial charge in [-0.2, -0.15) is 0 Å². The van der Waals surface area contributed by atoms with E-state index in [-0.39, 0.29) is 11.5 Å². The van der Waals surface area contributed by atoms with E-state index >= 15 is 0 Å². The summed E-state index contributed by atoms with van der Waals surface area (Å²) in [5.74, 6) is 0.741. The van der Waals surface area contributed by atoms with Gasteiger partial charge < -0.3 is 4.74 Å². The summed E-state index contributed by atoms with van der Waals surface area (Å²) in [5, 5.41) is 10.6. The van der Waals surface area contributed by atoms with Crippen molar-refractivity contribution in [3.63, 3.8) is 0 Å². The summed E-state index contributed by atoms with van der Waals surface area (Å²) in [7, 11) is 0. The molecule has 0 fully saturated rings. The third-order valence-corrected chi connectivity index (χ3v) is 3.49. The quantitative estimate of drug-likeness (QED) is 0.351. The molecule has 0 spiro atoms. The molecule has 0 aromatic heterocycles. The largest absolute Gasteiger partial charge is 0.492 e. The average molecular weight is 293 g/mol. The smallest absolute Gasteiger partial charge is 0.273 e. The summed E-state index contributed by atoms with van der Waals surface area (Å²) in [4.78, 5) is 10.7. The van der Waals surface area contributed by atoms with Crippen LogP contribution in [0.4, 0.5) is 10.1 Å². The number of hydrogen-bond acceptors (Lipinski definition) is 4.